The Balaban J connectivity index is 2.28. The molecule has 1 fully saturated rings. The van der Waals surface area contributed by atoms with Crippen LogP contribution < -0.4 is 4.74 Å². The minimum atomic E-state index is 0.733. The molecule has 0 N–H and O–H groups in total. The molecule has 0 amide bonds. The van der Waals surface area contributed by atoms with Gasteiger partial charge in [0.2, 0.25) is 0 Å². The standard InChI is InChI=1S/C12H16O/c1-9-7-8-10(9)11-5-3-4-6-12(11)13-2/h3-6,9-10H,7-8H2,1-2H3. The number of para-hydroxylation sites is 1. The van der Waals surface area contributed by atoms with E-state index in [0.29, 0.717) is 0 Å². The third-order valence-corrected chi connectivity index (χ3v) is 3.16. The maximum Gasteiger partial charge on any atom is 0.122 e. The van der Waals surface area contributed by atoms with Gasteiger partial charge >= 0.3 is 0 Å². The van der Waals surface area contributed by atoms with Crippen molar-refractivity contribution in [3.05, 3.63) is 29.8 Å². The largest absolute Gasteiger partial charge is 0.496 e. The van der Waals surface area contributed by atoms with Crippen LogP contribution >= 0.6 is 0 Å². The smallest absolute Gasteiger partial charge is 0.122 e. The van der Waals surface area contributed by atoms with E-state index in [1.807, 2.05) is 6.07 Å². The number of benzene rings is 1. The molecule has 1 aromatic carbocycles. The first kappa shape index (κ1) is 8.61. The van der Waals surface area contributed by atoms with E-state index in [-0.39, 0.29) is 0 Å². The molecule has 13 heavy (non-hydrogen) atoms. The molecule has 0 saturated heterocycles. The first-order valence-electron chi connectivity index (χ1n) is 4.96. The Hall–Kier alpha value is -0.980. The second kappa shape index (κ2) is 3.41. The van der Waals surface area contributed by atoms with Gasteiger partial charge in [0, 0.05) is 0 Å². The minimum absolute atomic E-state index is 0.733. The summed E-state index contributed by atoms with van der Waals surface area (Å²) in [4.78, 5) is 0. The fraction of sp³-hybridized carbons (Fsp3) is 0.500. The van der Waals surface area contributed by atoms with Crippen LogP contribution in [0.1, 0.15) is 31.2 Å². The van der Waals surface area contributed by atoms with Gasteiger partial charge in [0.1, 0.15) is 5.75 Å². The average molecular weight is 176 g/mol. The third-order valence-electron chi connectivity index (χ3n) is 3.16. The summed E-state index contributed by atoms with van der Waals surface area (Å²) in [5.74, 6) is 2.62. The summed E-state index contributed by atoms with van der Waals surface area (Å²) in [6.07, 6.45) is 2.68. The highest BCUT2D eigenvalue weighted by atomic mass is 16.5. The van der Waals surface area contributed by atoms with Crippen LogP contribution in [0.2, 0.25) is 0 Å². The third kappa shape index (κ3) is 1.43. The van der Waals surface area contributed by atoms with E-state index in [2.05, 4.69) is 25.1 Å². The van der Waals surface area contributed by atoms with Crippen LogP contribution in [0.4, 0.5) is 0 Å². The molecule has 0 bridgehead atoms. The van der Waals surface area contributed by atoms with Gasteiger partial charge in [0.15, 0.2) is 0 Å². The number of hydrogen-bond donors (Lipinski definition) is 0. The van der Waals surface area contributed by atoms with E-state index in [0.717, 1.165) is 17.6 Å². The fourth-order valence-electron chi connectivity index (χ4n) is 2.10. The normalized spacial score (nSPS) is 26.6. The van der Waals surface area contributed by atoms with Crippen molar-refractivity contribution in [2.24, 2.45) is 5.92 Å². The van der Waals surface area contributed by atoms with Gasteiger partial charge in [-0.25, -0.2) is 0 Å². The maximum atomic E-state index is 5.35. The molecule has 1 aromatic rings. The van der Waals surface area contributed by atoms with Crippen molar-refractivity contribution in [2.45, 2.75) is 25.7 Å². The highest BCUT2D eigenvalue weighted by Crippen LogP contribution is 2.45. The Labute approximate surface area is 79.7 Å². The SMILES string of the molecule is COc1ccccc1C1CCC1C. The van der Waals surface area contributed by atoms with Crippen LogP contribution in [0.3, 0.4) is 0 Å². The van der Waals surface area contributed by atoms with Crippen LogP contribution in [-0.4, -0.2) is 7.11 Å². The Morgan fingerprint density at radius 2 is 2.00 bits per heavy atom. The van der Waals surface area contributed by atoms with Gasteiger partial charge in [-0.05, 0) is 36.3 Å². The minimum Gasteiger partial charge on any atom is -0.496 e. The van der Waals surface area contributed by atoms with Crippen molar-refractivity contribution in [3.63, 3.8) is 0 Å². The molecule has 1 saturated carbocycles. The predicted molar refractivity (Wildman–Crippen MR) is 54.1 cm³/mol. The number of ether oxygens (including phenoxy) is 1. The predicted octanol–water partition coefficient (Wildman–Crippen LogP) is 3.21. The average Bonchev–Trinajstić information content (AvgIpc) is 2.16. The lowest BCUT2D eigenvalue weighted by atomic mass is 9.71. The zero-order valence-corrected chi connectivity index (χ0v) is 8.29. The summed E-state index contributed by atoms with van der Waals surface area (Å²) < 4.78 is 5.35. The molecule has 70 valence electrons. The van der Waals surface area contributed by atoms with Gasteiger partial charge in [-0.3, -0.25) is 0 Å². The summed E-state index contributed by atoms with van der Waals surface area (Å²) in [6.45, 7) is 2.32. The molecule has 0 aliphatic heterocycles. The van der Waals surface area contributed by atoms with Gasteiger partial charge in [-0.15, -0.1) is 0 Å². The number of hydrogen-bond acceptors (Lipinski definition) is 1. The van der Waals surface area contributed by atoms with E-state index >= 15 is 0 Å². The van der Waals surface area contributed by atoms with E-state index < -0.39 is 0 Å². The molecule has 0 radical (unpaired) electrons. The van der Waals surface area contributed by atoms with Crippen molar-refractivity contribution in [1.82, 2.24) is 0 Å². The fourth-order valence-corrected chi connectivity index (χ4v) is 2.10. The van der Waals surface area contributed by atoms with Crippen LogP contribution in [0.25, 0.3) is 0 Å². The van der Waals surface area contributed by atoms with Crippen LogP contribution in [0, 0.1) is 5.92 Å². The molecule has 2 atom stereocenters. The molecule has 2 rings (SSSR count). The Morgan fingerprint density at radius 1 is 1.23 bits per heavy atom. The molecule has 1 aliphatic rings. The lowest BCUT2D eigenvalue weighted by molar-refractivity contribution is 0.271. The topological polar surface area (TPSA) is 9.23 Å². The van der Waals surface area contributed by atoms with Crippen molar-refractivity contribution < 1.29 is 4.74 Å². The molecule has 0 spiro atoms. The van der Waals surface area contributed by atoms with Crippen LogP contribution in [0.15, 0.2) is 24.3 Å². The van der Waals surface area contributed by atoms with Crippen molar-refractivity contribution >= 4 is 0 Å². The maximum absolute atomic E-state index is 5.35. The summed E-state index contributed by atoms with van der Waals surface area (Å²) in [5, 5.41) is 0. The van der Waals surface area contributed by atoms with Gasteiger partial charge in [-0.1, -0.05) is 25.1 Å². The molecule has 2 unspecified atom stereocenters. The quantitative estimate of drug-likeness (QED) is 0.672. The lowest BCUT2D eigenvalue weighted by Gasteiger charge is -2.35. The Kier molecular flexibility index (Phi) is 2.26. The number of methoxy groups -OCH3 is 1. The van der Waals surface area contributed by atoms with Gasteiger partial charge in [0.25, 0.3) is 0 Å². The Bertz CT molecular complexity index is 293. The zero-order chi connectivity index (χ0) is 9.26. The van der Waals surface area contributed by atoms with Crippen molar-refractivity contribution in [1.29, 1.82) is 0 Å². The first-order chi connectivity index (χ1) is 6.33. The summed E-state index contributed by atoms with van der Waals surface area (Å²) in [6, 6.07) is 8.38. The van der Waals surface area contributed by atoms with Gasteiger partial charge in [0.05, 0.1) is 7.11 Å². The highest BCUT2D eigenvalue weighted by molar-refractivity contribution is 5.37. The van der Waals surface area contributed by atoms with Crippen molar-refractivity contribution in [3.8, 4) is 5.75 Å². The van der Waals surface area contributed by atoms with Gasteiger partial charge < -0.3 is 4.74 Å². The first-order valence-corrected chi connectivity index (χ1v) is 4.96. The van der Waals surface area contributed by atoms with Crippen molar-refractivity contribution in [2.75, 3.05) is 7.11 Å². The van der Waals surface area contributed by atoms with E-state index in [9.17, 15) is 0 Å². The molecule has 1 nitrogen and oxygen atoms in total. The molecule has 0 heterocycles. The van der Waals surface area contributed by atoms with Crippen LogP contribution in [-0.2, 0) is 0 Å². The lowest BCUT2D eigenvalue weighted by Crippen LogP contribution is -2.21. The molecular weight excluding hydrogens is 160 g/mol. The van der Waals surface area contributed by atoms with E-state index in [4.69, 9.17) is 4.74 Å². The monoisotopic (exact) mass is 176 g/mol. The second-order valence-electron chi connectivity index (χ2n) is 3.90. The summed E-state index contributed by atoms with van der Waals surface area (Å²) >= 11 is 0. The van der Waals surface area contributed by atoms with Crippen LogP contribution in [0.5, 0.6) is 5.75 Å². The zero-order valence-electron chi connectivity index (χ0n) is 8.29. The molecule has 1 aliphatic carbocycles. The van der Waals surface area contributed by atoms with E-state index in [1.165, 1.54) is 18.4 Å². The summed E-state index contributed by atoms with van der Waals surface area (Å²) in [7, 11) is 1.75. The van der Waals surface area contributed by atoms with Gasteiger partial charge in [-0.2, -0.15) is 0 Å². The number of rotatable bonds is 2. The van der Waals surface area contributed by atoms with E-state index in [1.54, 1.807) is 7.11 Å². The molecule has 1 heteroatoms. The second-order valence-corrected chi connectivity index (χ2v) is 3.90. The molecular formula is C12H16O. The highest BCUT2D eigenvalue weighted by Gasteiger charge is 2.29. The molecule has 0 aromatic heterocycles. The summed E-state index contributed by atoms with van der Waals surface area (Å²) in [5.41, 5.74) is 1.39. The Morgan fingerprint density at radius 3 is 2.54 bits per heavy atom.